The number of halogens is 2. The topological polar surface area (TPSA) is 41.5 Å². The Kier molecular flexibility index (Phi) is 3.36. The van der Waals surface area contributed by atoms with E-state index in [-0.39, 0.29) is 21.8 Å². The van der Waals surface area contributed by atoms with E-state index in [1.165, 1.54) is 0 Å². The zero-order valence-corrected chi connectivity index (χ0v) is 9.48. The van der Waals surface area contributed by atoms with Crippen LogP contribution in [0.3, 0.4) is 0 Å². The Labute approximate surface area is 97.9 Å². The molecule has 3 nitrogen and oxygen atoms in total. The third-order valence-electron chi connectivity index (χ3n) is 2.36. The highest BCUT2D eigenvalue weighted by molar-refractivity contribution is 6.37. The second kappa shape index (κ2) is 4.58. The summed E-state index contributed by atoms with van der Waals surface area (Å²) in [4.78, 5) is 0. The first-order chi connectivity index (χ1) is 7.18. The van der Waals surface area contributed by atoms with Crippen LogP contribution in [0.1, 0.15) is 11.6 Å². The highest BCUT2D eigenvalue weighted by Crippen LogP contribution is 2.34. The first-order valence-electron chi connectivity index (χ1n) is 4.67. The number of benzene rings is 1. The Balaban J connectivity index is 2.27. The maximum absolute atomic E-state index is 9.41. The van der Waals surface area contributed by atoms with Crippen LogP contribution in [0.15, 0.2) is 12.1 Å². The SMILES string of the molecule is Oc1c(Cl)cc([C@@H]2COCCN2)cc1Cl. The van der Waals surface area contributed by atoms with Gasteiger partial charge < -0.3 is 15.2 Å². The van der Waals surface area contributed by atoms with Gasteiger partial charge in [-0.05, 0) is 17.7 Å². The average Bonchev–Trinajstić information content (AvgIpc) is 2.26. The second-order valence-corrected chi connectivity index (χ2v) is 4.23. The standard InChI is InChI=1S/C10H11Cl2NO2/c11-7-3-6(4-8(12)10(7)14)9-5-15-2-1-13-9/h3-4,9,13-14H,1-2,5H2/t9-/m0/s1. The molecule has 0 bridgehead atoms. The molecule has 82 valence electrons. The van der Waals surface area contributed by atoms with Crippen LogP contribution in [0.4, 0.5) is 0 Å². The van der Waals surface area contributed by atoms with Crippen molar-refractivity contribution < 1.29 is 9.84 Å². The highest BCUT2D eigenvalue weighted by atomic mass is 35.5. The molecule has 0 amide bonds. The molecule has 5 heteroatoms. The number of phenolic OH excluding ortho intramolecular Hbond substituents is 1. The van der Waals surface area contributed by atoms with Gasteiger partial charge in [-0.2, -0.15) is 0 Å². The number of nitrogens with one attached hydrogen (secondary N) is 1. The number of hydrogen-bond donors (Lipinski definition) is 2. The molecule has 1 fully saturated rings. The molecule has 0 radical (unpaired) electrons. The van der Waals surface area contributed by atoms with E-state index in [0.717, 1.165) is 18.7 Å². The van der Waals surface area contributed by atoms with Crippen molar-refractivity contribution >= 4 is 23.2 Å². The summed E-state index contributed by atoms with van der Waals surface area (Å²) in [5.74, 6) is -0.0705. The van der Waals surface area contributed by atoms with Crippen LogP contribution < -0.4 is 5.32 Å². The lowest BCUT2D eigenvalue weighted by molar-refractivity contribution is 0.0769. The van der Waals surface area contributed by atoms with E-state index in [9.17, 15) is 5.11 Å². The molecular weight excluding hydrogens is 237 g/mol. The molecule has 0 unspecified atom stereocenters. The lowest BCUT2D eigenvalue weighted by Crippen LogP contribution is -2.34. The van der Waals surface area contributed by atoms with Gasteiger partial charge >= 0.3 is 0 Å². The second-order valence-electron chi connectivity index (χ2n) is 3.41. The van der Waals surface area contributed by atoms with Crippen molar-refractivity contribution in [1.82, 2.24) is 5.32 Å². The fourth-order valence-electron chi connectivity index (χ4n) is 1.57. The summed E-state index contributed by atoms with van der Waals surface area (Å²) in [6.45, 7) is 2.12. The molecule has 2 rings (SSSR count). The van der Waals surface area contributed by atoms with E-state index in [0.29, 0.717) is 6.61 Å². The number of aromatic hydroxyl groups is 1. The number of morpholine rings is 1. The van der Waals surface area contributed by atoms with Gasteiger partial charge in [0, 0.05) is 6.54 Å². The summed E-state index contributed by atoms with van der Waals surface area (Å²) in [6, 6.07) is 3.50. The predicted molar refractivity (Wildman–Crippen MR) is 59.7 cm³/mol. The van der Waals surface area contributed by atoms with E-state index in [4.69, 9.17) is 27.9 Å². The molecule has 0 aromatic heterocycles. The average molecular weight is 248 g/mol. The van der Waals surface area contributed by atoms with Crippen LogP contribution in [0.25, 0.3) is 0 Å². The summed E-state index contributed by atoms with van der Waals surface area (Å²) in [5, 5.41) is 13.2. The van der Waals surface area contributed by atoms with Crippen LogP contribution in [-0.4, -0.2) is 24.9 Å². The Morgan fingerprint density at radius 1 is 1.33 bits per heavy atom. The third kappa shape index (κ3) is 2.37. The fraction of sp³-hybridized carbons (Fsp3) is 0.400. The van der Waals surface area contributed by atoms with Gasteiger partial charge in [0.2, 0.25) is 0 Å². The van der Waals surface area contributed by atoms with Crippen molar-refractivity contribution in [2.45, 2.75) is 6.04 Å². The predicted octanol–water partition coefficient (Wildman–Crippen LogP) is 2.36. The third-order valence-corrected chi connectivity index (χ3v) is 2.94. The van der Waals surface area contributed by atoms with Crippen molar-refractivity contribution in [3.8, 4) is 5.75 Å². The minimum atomic E-state index is -0.0705. The van der Waals surface area contributed by atoms with Crippen molar-refractivity contribution in [1.29, 1.82) is 0 Å². The molecule has 1 aromatic rings. The minimum absolute atomic E-state index is 0.0705. The zero-order chi connectivity index (χ0) is 10.8. The Morgan fingerprint density at radius 2 is 2.00 bits per heavy atom. The van der Waals surface area contributed by atoms with Crippen molar-refractivity contribution in [3.05, 3.63) is 27.7 Å². The van der Waals surface area contributed by atoms with Crippen molar-refractivity contribution in [2.75, 3.05) is 19.8 Å². The molecule has 1 aliphatic rings. The zero-order valence-electron chi connectivity index (χ0n) is 7.96. The van der Waals surface area contributed by atoms with Crippen molar-refractivity contribution in [2.24, 2.45) is 0 Å². The van der Waals surface area contributed by atoms with Crippen LogP contribution in [0.2, 0.25) is 10.0 Å². The molecule has 1 atom stereocenters. The largest absolute Gasteiger partial charge is 0.505 e. The lowest BCUT2D eigenvalue weighted by atomic mass is 10.1. The van der Waals surface area contributed by atoms with Crippen LogP contribution in [0, 0.1) is 0 Å². The van der Waals surface area contributed by atoms with E-state index in [2.05, 4.69) is 5.32 Å². The Hall–Kier alpha value is -0.480. The maximum atomic E-state index is 9.41. The van der Waals surface area contributed by atoms with Gasteiger partial charge in [0.1, 0.15) is 0 Å². The van der Waals surface area contributed by atoms with Gasteiger partial charge in [0.25, 0.3) is 0 Å². The quantitative estimate of drug-likeness (QED) is 0.801. The van der Waals surface area contributed by atoms with Crippen LogP contribution in [-0.2, 0) is 4.74 Å². The van der Waals surface area contributed by atoms with Gasteiger partial charge in [-0.1, -0.05) is 23.2 Å². The molecular formula is C10H11Cl2NO2. The first kappa shape index (κ1) is 11.0. The summed E-state index contributed by atoms with van der Waals surface area (Å²) in [5.41, 5.74) is 0.933. The number of phenols is 1. The van der Waals surface area contributed by atoms with Gasteiger partial charge in [-0.25, -0.2) is 0 Å². The van der Waals surface area contributed by atoms with E-state index >= 15 is 0 Å². The molecule has 1 heterocycles. The van der Waals surface area contributed by atoms with Crippen molar-refractivity contribution in [3.63, 3.8) is 0 Å². The Bertz CT molecular complexity index is 341. The molecule has 0 spiro atoms. The van der Waals surface area contributed by atoms with Gasteiger partial charge in [-0.3, -0.25) is 0 Å². The molecule has 0 saturated carbocycles. The monoisotopic (exact) mass is 247 g/mol. The molecule has 0 aliphatic carbocycles. The van der Waals surface area contributed by atoms with Gasteiger partial charge in [-0.15, -0.1) is 0 Å². The molecule has 1 aliphatic heterocycles. The van der Waals surface area contributed by atoms with E-state index in [1.54, 1.807) is 12.1 Å². The maximum Gasteiger partial charge on any atom is 0.152 e. The summed E-state index contributed by atoms with van der Waals surface area (Å²) in [6.07, 6.45) is 0. The van der Waals surface area contributed by atoms with E-state index < -0.39 is 0 Å². The van der Waals surface area contributed by atoms with Gasteiger partial charge in [0.05, 0.1) is 29.3 Å². The lowest BCUT2D eigenvalue weighted by Gasteiger charge is -2.24. The smallest absolute Gasteiger partial charge is 0.152 e. The normalized spacial score (nSPS) is 21.6. The summed E-state index contributed by atoms with van der Waals surface area (Å²) >= 11 is 11.7. The van der Waals surface area contributed by atoms with Gasteiger partial charge in [0.15, 0.2) is 5.75 Å². The summed E-state index contributed by atoms with van der Waals surface area (Å²) < 4.78 is 5.34. The highest BCUT2D eigenvalue weighted by Gasteiger charge is 2.17. The molecule has 1 saturated heterocycles. The number of hydrogen-bond acceptors (Lipinski definition) is 3. The minimum Gasteiger partial charge on any atom is -0.505 e. The number of ether oxygens (including phenoxy) is 1. The fourth-order valence-corrected chi connectivity index (χ4v) is 2.07. The summed E-state index contributed by atoms with van der Waals surface area (Å²) in [7, 11) is 0. The van der Waals surface area contributed by atoms with Crippen LogP contribution in [0.5, 0.6) is 5.75 Å². The molecule has 2 N–H and O–H groups in total. The number of rotatable bonds is 1. The Morgan fingerprint density at radius 3 is 2.53 bits per heavy atom. The van der Waals surface area contributed by atoms with E-state index in [1.807, 2.05) is 0 Å². The first-order valence-corrected chi connectivity index (χ1v) is 5.43. The molecule has 15 heavy (non-hydrogen) atoms. The van der Waals surface area contributed by atoms with Crippen LogP contribution >= 0.6 is 23.2 Å². The molecule has 1 aromatic carbocycles.